The summed E-state index contributed by atoms with van der Waals surface area (Å²) in [4.78, 5) is 26.8. The average Bonchev–Trinajstić information content (AvgIpc) is 3.11. The van der Waals surface area contributed by atoms with Gasteiger partial charge in [0.05, 0.1) is 13.1 Å². The summed E-state index contributed by atoms with van der Waals surface area (Å²) in [6.07, 6.45) is 5.37. The smallest absolute Gasteiger partial charge is 0.317 e. The van der Waals surface area contributed by atoms with Crippen molar-refractivity contribution >= 4 is 11.9 Å². The highest BCUT2D eigenvalue weighted by molar-refractivity contribution is 5.79. The van der Waals surface area contributed by atoms with Crippen LogP contribution in [0.3, 0.4) is 0 Å². The van der Waals surface area contributed by atoms with Gasteiger partial charge in [-0.2, -0.15) is 0 Å². The Morgan fingerprint density at radius 3 is 2.50 bits per heavy atom. The molecule has 5 nitrogen and oxygen atoms in total. The Morgan fingerprint density at radius 1 is 1.22 bits per heavy atom. The fourth-order valence-electron chi connectivity index (χ4n) is 2.66. The highest BCUT2D eigenvalue weighted by atomic mass is 16.4. The third-order valence-electron chi connectivity index (χ3n) is 3.86. The first-order valence-corrected chi connectivity index (χ1v) is 6.83. The fourth-order valence-corrected chi connectivity index (χ4v) is 2.66. The number of hydrogen-bond donors (Lipinski definition) is 1. The Bertz CT molecular complexity index is 328. The van der Waals surface area contributed by atoms with E-state index in [2.05, 4.69) is 6.92 Å². The Labute approximate surface area is 108 Å². The molecule has 18 heavy (non-hydrogen) atoms. The lowest BCUT2D eigenvalue weighted by molar-refractivity contribution is -0.140. The number of rotatable bonds is 5. The number of carboxylic acid groups (broad SMARTS) is 1. The van der Waals surface area contributed by atoms with Crippen LogP contribution >= 0.6 is 0 Å². The molecule has 1 N–H and O–H groups in total. The first kappa shape index (κ1) is 13.3. The molecule has 1 heterocycles. The molecule has 0 aromatic heterocycles. The van der Waals surface area contributed by atoms with Crippen LogP contribution in [0.4, 0.5) is 0 Å². The highest BCUT2D eigenvalue weighted by Gasteiger charge is 2.33. The van der Waals surface area contributed by atoms with Crippen LogP contribution < -0.4 is 0 Å². The molecule has 1 aliphatic carbocycles. The van der Waals surface area contributed by atoms with E-state index >= 15 is 0 Å². The van der Waals surface area contributed by atoms with E-state index < -0.39 is 5.97 Å². The summed E-state index contributed by atoms with van der Waals surface area (Å²) < 4.78 is 0. The highest BCUT2D eigenvalue weighted by Crippen LogP contribution is 2.27. The minimum atomic E-state index is -0.846. The third-order valence-corrected chi connectivity index (χ3v) is 3.86. The molecular formula is C13H22N2O3. The summed E-state index contributed by atoms with van der Waals surface area (Å²) in [6.45, 7) is 3.15. The number of piperidine rings is 1. The molecule has 1 atom stereocenters. The summed E-state index contributed by atoms with van der Waals surface area (Å²) in [5.41, 5.74) is 0. The monoisotopic (exact) mass is 254 g/mol. The third kappa shape index (κ3) is 3.45. The number of nitrogens with zero attached hydrogens (tertiary/aromatic N) is 2. The van der Waals surface area contributed by atoms with E-state index in [1.54, 1.807) is 0 Å². The van der Waals surface area contributed by atoms with Crippen LogP contribution in [0.1, 0.15) is 39.0 Å². The van der Waals surface area contributed by atoms with Gasteiger partial charge in [0.25, 0.3) is 0 Å². The molecule has 5 heteroatoms. The number of hydrogen-bond acceptors (Lipinski definition) is 3. The molecule has 0 radical (unpaired) electrons. The van der Waals surface area contributed by atoms with Crippen molar-refractivity contribution in [3.63, 3.8) is 0 Å². The zero-order valence-corrected chi connectivity index (χ0v) is 11.0. The topological polar surface area (TPSA) is 60.9 Å². The molecule has 102 valence electrons. The number of carbonyl (C=O) groups is 2. The van der Waals surface area contributed by atoms with Gasteiger partial charge in [-0.05, 0) is 39.0 Å². The van der Waals surface area contributed by atoms with E-state index in [0.29, 0.717) is 12.1 Å². The molecular weight excluding hydrogens is 232 g/mol. The zero-order valence-electron chi connectivity index (χ0n) is 11.0. The Balaban J connectivity index is 1.89. The zero-order chi connectivity index (χ0) is 13.1. The fraction of sp³-hybridized carbons (Fsp3) is 0.846. The van der Waals surface area contributed by atoms with Gasteiger partial charge in [0, 0.05) is 18.6 Å². The summed E-state index contributed by atoms with van der Waals surface area (Å²) in [5, 5.41) is 8.87. The number of carbonyl (C=O) groups excluding carboxylic acids is 1. The van der Waals surface area contributed by atoms with Gasteiger partial charge in [-0.1, -0.05) is 0 Å². The maximum absolute atomic E-state index is 12.2. The normalized spacial score (nSPS) is 24.3. The second kappa shape index (κ2) is 5.69. The molecule has 1 saturated heterocycles. The van der Waals surface area contributed by atoms with E-state index in [4.69, 9.17) is 5.11 Å². The second-order valence-corrected chi connectivity index (χ2v) is 5.46. The predicted octanol–water partition coefficient (Wildman–Crippen LogP) is 0.936. The van der Waals surface area contributed by atoms with Crippen LogP contribution in [0.25, 0.3) is 0 Å². The van der Waals surface area contributed by atoms with Gasteiger partial charge in [-0.3, -0.25) is 14.5 Å². The maximum atomic E-state index is 12.2. The van der Waals surface area contributed by atoms with Crippen LogP contribution in [-0.2, 0) is 9.59 Å². The molecule has 1 saturated carbocycles. The van der Waals surface area contributed by atoms with Crippen molar-refractivity contribution in [3.8, 4) is 0 Å². The summed E-state index contributed by atoms with van der Waals surface area (Å²) >= 11 is 0. The molecule has 2 rings (SSSR count). The minimum absolute atomic E-state index is 0.0153. The van der Waals surface area contributed by atoms with Crippen molar-refractivity contribution in [2.75, 3.05) is 19.6 Å². The molecule has 1 amide bonds. The van der Waals surface area contributed by atoms with Gasteiger partial charge in [0.2, 0.25) is 5.91 Å². The molecule has 2 fully saturated rings. The Kier molecular flexibility index (Phi) is 4.22. The predicted molar refractivity (Wildman–Crippen MR) is 67.3 cm³/mol. The standard InChI is InChI=1S/C13H22N2O3/c1-10-4-2-3-7-15(10)12(16)8-14(9-13(17)18)11-5-6-11/h10-11H,2-9H2,1H3,(H,17,18). The largest absolute Gasteiger partial charge is 0.480 e. The van der Waals surface area contributed by atoms with Crippen molar-refractivity contribution in [2.45, 2.75) is 51.1 Å². The van der Waals surface area contributed by atoms with Gasteiger partial charge >= 0.3 is 5.97 Å². The number of carboxylic acids is 1. The van der Waals surface area contributed by atoms with Gasteiger partial charge in [0.15, 0.2) is 0 Å². The van der Waals surface area contributed by atoms with E-state index in [1.165, 1.54) is 6.42 Å². The van der Waals surface area contributed by atoms with Crippen molar-refractivity contribution in [3.05, 3.63) is 0 Å². The molecule has 0 aromatic rings. The Morgan fingerprint density at radius 2 is 1.94 bits per heavy atom. The van der Waals surface area contributed by atoms with Gasteiger partial charge in [-0.25, -0.2) is 0 Å². The summed E-state index contributed by atoms with van der Waals surface area (Å²) in [7, 11) is 0. The van der Waals surface area contributed by atoms with Crippen LogP contribution in [0.15, 0.2) is 0 Å². The van der Waals surface area contributed by atoms with E-state index in [-0.39, 0.29) is 19.0 Å². The van der Waals surface area contributed by atoms with Gasteiger partial charge in [0.1, 0.15) is 0 Å². The van der Waals surface area contributed by atoms with Crippen LogP contribution in [0, 0.1) is 0 Å². The average molecular weight is 254 g/mol. The van der Waals surface area contributed by atoms with Crippen molar-refractivity contribution in [1.29, 1.82) is 0 Å². The molecule has 1 unspecified atom stereocenters. The first-order valence-electron chi connectivity index (χ1n) is 6.83. The van der Waals surface area contributed by atoms with E-state index in [9.17, 15) is 9.59 Å². The van der Waals surface area contributed by atoms with E-state index in [1.807, 2.05) is 9.80 Å². The van der Waals surface area contributed by atoms with Crippen LogP contribution in [0.5, 0.6) is 0 Å². The molecule has 1 aliphatic heterocycles. The SMILES string of the molecule is CC1CCCCN1C(=O)CN(CC(=O)O)C1CC1. The second-order valence-electron chi connectivity index (χ2n) is 5.46. The quantitative estimate of drug-likeness (QED) is 0.793. The van der Waals surface area contributed by atoms with Gasteiger partial charge in [-0.15, -0.1) is 0 Å². The number of aliphatic carboxylic acids is 1. The lowest BCUT2D eigenvalue weighted by Gasteiger charge is -2.35. The van der Waals surface area contributed by atoms with Crippen LogP contribution in [0.2, 0.25) is 0 Å². The van der Waals surface area contributed by atoms with E-state index in [0.717, 1.165) is 32.2 Å². The molecule has 0 aromatic carbocycles. The number of likely N-dealkylation sites (tertiary alicyclic amines) is 1. The van der Waals surface area contributed by atoms with Crippen molar-refractivity contribution < 1.29 is 14.7 Å². The van der Waals surface area contributed by atoms with Crippen molar-refractivity contribution in [1.82, 2.24) is 9.80 Å². The van der Waals surface area contributed by atoms with Crippen molar-refractivity contribution in [2.24, 2.45) is 0 Å². The lowest BCUT2D eigenvalue weighted by Crippen LogP contribution is -2.48. The molecule has 2 aliphatic rings. The Hall–Kier alpha value is -1.10. The van der Waals surface area contributed by atoms with Gasteiger partial charge < -0.3 is 10.0 Å². The summed E-state index contributed by atoms with van der Waals surface area (Å²) in [5.74, 6) is -0.753. The lowest BCUT2D eigenvalue weighted by atomic mass is 10.0. The van der Waals surface area contributed by atoms with Crippen LogP contribution in [-0.4, -0.2) is 58.5 Å². The maximum Gasteiger partial charge on any atom is 0.317 e. The summed E-state index contributed by atoms with van der Waals surface area (Å²) in [6, 6.07) is 0.613. The molecule has 0 bridgehead atoms. The number of amides is 1. The first-order chi connectivity index (χ1) is 8.58. The minimum Gasteiger partial charge on any atom is -0.480 e. The molecule has 0 spiro atoms.